The van der Waals surface area contributed by atoms with Gasteiger partial charge in [-0.15, -0.1) is 11.8 Å². The molecule has 112 valence electrons. The van der Waals surface area contributed by atoms with Crippen LogP contribution in [0.2, 0.25) is 5.02 Å². The fraction of sp³-hybridized carbons (Fsp3) is 0.250. The number of hydrogen-bond donors (Lipinski definition) is 1. The molecule has 2 nitrogen and oxygen atoms in total. The Morgan fingerprint density at radius 2 is 1.90 bits per heavy atom. The van der Waals surface area contributed by atoms with Gasteiger partial charge in [-0.1, -0.05) is 29.8 Å². The first kappa shape index (κ1) is 16.0. The summed E-state index contributed by atoms with van der Waals surface area (Å²) in [6, 6.07) is 10.5. The number of hydrogen-bond acceptors (Lipinski definition) is 3. The molecule has 2 aromatic rings. The topological polar surface area (TPSA) is 35.2 Å². The molecule has 0 fully saturated rings. The quantitative estimate of drug-likeness (QED) is 0.627. The zero-order valence-electron chi connectivity index (χ0n) is 12.1. The molecule has 0 unspecified atom stereocenters. The predicted molar refractivity (Wildman–Crippen MR) is 87.7 cm³/mol. The highest BCUT2D eigenvalue weighted by atomic mass is 35.5. The summed E-state index contributed by atoms with van der Waals surface area (Å²) in [5.74, 6) is 0.402. The van der Waals surface area contributed by atoms with Crippen LogP contribution < -0.4 is 10.5 Å². The molecule has 21 heavy (non-hydrogen) atoms. The maximum atomic E-state index is 14.1. The lowest BCUT2D eigenvalue weighted by Crippen LogP contribution is -2.13. The van der Waals surface area contributed by atoms with Gasteiger partial charge in [-0.3, -0.25) is 0 Å². The summed E-state index contributed by atoms with van der Waals surface area (Å²) >= 11 is 7.21. The predicted octanol–water partition coefficient (Wildman–Crippen LogP) is 5.10. The van der Waals surface area contributed by atoms with Gasteiger partial charge < -0.3 is 10.5 Å². The monoisotopic (exact) mass is 325 g/mol. The molecule has 0 aliphatic carbocycles. The van der Waals surface area contributed by atoms with E-state index in [0.717, 1.165) is 11.3 Å². The fourth-order valence-corrected chi connectivity index (χ4v) is 3.42. The zero-order chi connectivity index (χ0) is 15.6. The molecular formula is C16H17ClFNOS. The van der Waals surface area contributed by atoms with Gasteiger partial charge in [0.15, 0.2) is 0 Å². The molecule has 0 spiro atoms. The van der Waals surface area contributed by atoms with Crippen molar-refractivity contribution >= 4 is 29.1 Å². The lowest BCUT2D eigenvalue weighted by molar-refractivity contribution is 0.405. The highest BCUT2D eigenvalue weighted by Crippen LogP contribution is 2.45. The Hall–Kier alpha value is -1.39. The number of ether oxygens (including phenoxy) is 1. The Kier molecular flexibility index (Phi) is 4.69. The summed E-state index contributed by atoms with van der Waals surface area (Å²) in [5, 5.41) is 0.229. The molecule has 0 aliphatic rings. The fourth-order valence-electron chi connectivity index (χ4n) is 2.09. The first-order chi connectivity index (χ1) is 9.85. The second kappa shape index (κ2) is 6.16. The van der Waals surface area contributed by atoms with Crippen LogP contribution in [0.25, 0.3) is 0 Å². The molecule has 0 bridgehead atoms. The summed E-state index contributed by atoms with van der Waals surface area (Å²) in [6.07, 6.45) is 0. The van der Waals surface area contributed by atoms with Gasteiger partial charge in [0.2, 0.25) is 0 Å². The Labute approximate surface area is 133 Å². The van der Waals surface area contributed by atoms with E-state index < -0.39 is 0 Å². The summed E-state index contributed by atoms with van der Waals surface area (Å²) < 4.78 is 19.1. The smallest absolute Gasteiger partial charge is 0.138 e. The number of nitrogen functional groups attached to an aromatic ring is 1. The van der Waals surface area contributed by atoms with Crippen LogP contribution in [-0.4, -0.2) is 7.11 Å². The first-order valence-corrected chi connectivity index (χ1v) is 7.61. The molecule has 2 N–H and O–H groups in total. The van der Waals surface area contributed by atoms with Crippen LogP contribution in [0, 0.1) is 5.82 Å². The number of halogens is 2. The zero-order valence-corrected chi connectivity index (χ0v) is 13.7. The molecule has 0 heterocycles. The summed E-state index contributed by atoms with van der Waals surface area (Å²) in [5.41, 5.74) is 7.13. The van der Waals surface area contributed by atoms with Crippen molar-refractivity contribution in [2.45, 2.75) is 23.5 Å². The number of nitrogens with two attached hydrogens (primary N) is 1. The third kappa shape index (κ3) is 3.44. The maximum Gasteiger partial charge on any atom is 0.138 e. The van der Waals surface area contributed by atoms with E-state index in [9.17, 15) is 4.39 Å². The third-order valence-electron chi connectivity index (χ3n) is 3.17. The van der Waals surface area contributed by atoms with Crippen molar-refractivity contribution < 1.29 is 9.13 Å². The Morgan fingerprint density at radius 1 is 1.24 bits per heavy atom. The minimum atomic E-state index is -0.381. The van der Waals surface area contributed by atoms with Crippen LogP contribution in [0.3, 0.4) is 0 Å². The summed E-state index contributed by atoms with van der Waals surface area (Å²) in [4.78, 5) is 0.466. The van der Waals surface area contributed by atoms with Crippen molar-refractivity contribution in [3.8, 4) is 5.75 Å². The average molecular weight is 326 g/mol. The Balaban J connectivity index is 2.39. The van der Waals surface area contributed by atoms with Crippen molar-refractivity contribution in [1.82, 2.24) is 0 Å². The van der Waals surface area contributed by atoms with E-state index in [4.69, 9.17) is 22.1 Å². The van der Waals surface area contributed by atoms with Gasteiger partial charge >= 0.3 is 0 Å². The van der Waals surface area contributed by atoms with E-state index in [2.05, 4.69) is 0 Å². The van der Waals surface area contributed by atoms with E-state index in [1.165, 1.54) is 17.8 Å². The van der Waals surface area contributed by atoms with Crippen LogP contribution in [0.5, 0.6) is 5.75 Å². The molecule has 0 atom stereocenters. The number of methoxy groups -OCH3 is 1. The SMILES string of the molecule is COc1ccccc1C(C)(C)Sc1cc(N)c(Cl)cc1F. The largest absolute Gasteiger partial charge is 0.496 e. The van der Waals surface area contributed by atoms with Crippen LogP contribution in [0.15, 0.2) is 41.3 Å². The lowest BCUT2D eigenvalue weighted by Gasteiger charge is -2.27. The Bertz CT molecular complexity index is 661. The van der Waals surface area contributed by atoms with E-state index in [1.807, 2.05) is 38.1 Å². The van der Waals surface area contributed by atoms with Crippen molar-refractivity contribution in [1.29, 1.82) is 0 Å². The van der Waals surface area contributed by atoms with Crippen LogP contribution in [0.1, 0.15) is 19.4 Å². The molecule has 2 rings (SSSR count). The molecule has 0 saturated carbocycles. The first-order valence-electron chi connectivity index (χ1n) is 6.42. The van der Waals surface area contributed by atoms with E-state index in [1.54, 1.807) is 13.2 Å². The van der Waals surface area contributed by atoms with Gasteiger partial charge in [0.25, 0.3) is 0 Å². The third-order valence-corrected chi connectivity index (χ3v) is 4.76. The normalized spacial score (nSPS) is 11.5. The van der Waals surface area contributed by atoms with Crippen LogP contribution in [-0.2, 0) is 4.75 Å². The minimum Gasteiger partial charge on any atom is -0.496 e. The standard InChI is InChI=1S/C16H17ClFNOS/c1-16(2,10-6-4-5-7-14(10)20-3)21-15-9-13(19)11(17)8-12(15)18/h4-9H,19H2,1-3H3. The van der Waals surface area contributed by atoms with E-state index in [-0.39, 0.29) is 15.6 Å². The van der Waals surface area contributed by atoms with Crippen molar-refractivity contribution in [3.05, 3.63) is 52.8 Å². The molecule has 5 heteroatoms. The van der Waals surface area contributed by atoms with Crippen molar-refractivity contribution in [3.63, 3.8) is 0 Å². The maximum absolute atomic E-state index is 14.1. The van der Waals surface area contributed by atoms with E-state index in [0.29, 0.717) is 10.6 Å². The van der Waals surface area contributed by atoms with Crippen LogP contribution >= 0.6 is 23.4 Å². The van der Waals surface area contributed by atoms with E-state index >= 15 is 0 Å². The van der Waals surface area contributed by atoms with Gasteiger partial charge in [-0.05, 0) is 32.0 Å². The molecule has 0 saturated heterocycles. The Morgan fingerprint density at radius 3 is 2.57 bits per heavy atom. The van der Waals surface area contributed by atoms with Crippen molar-refractivity contribution in [2.24, 2.45) is 0 Å². The van der Waals surface area contributed by atoms with Crippen molar-refractivity contribution in [2.75, 3.05) is 12.8 Å². The average Bonchev–Trinajstić information content (AvgIpc) is 2.44. The number of benzene rings is 2. The second-order valence-electron chi connectivity index (χ2n) is 5.12. The van der Waals surface area contributed by atoms with Gasteiger partial charge in [0.05, 0.1) is 17.8 Å². The van der Waals surface area contributed by atoms with Gasteiger partial charge in [0.1, 0.15) is 11.6 Å². The molecule has 0 aliphatic heterocycles. The molecule has 0 radical (unpaired) electrons. The molecule has 0 aromatic heterocycles. The van der Waals surface area contributed by atoms with Crippen LogP contribution in [0.4, 0.5) is 10.1 Å². The molecular weight excluding hydrogens is 309 g/mol. The number of anilines is 1. The minimum absolute atomic E-state index is 0.229. The number of thioether (sulfide) groups is 1. The number of rotatable bonds is 4. The summed E-state index contributed by atoms with van der Waals surface area (Å²) in [6.45, 7) is 4.03. The number of para-hydroxylation sites is 1. The van der Waals surface area contributed by atoms with Gasteiger partial charge in [-0.2, -0.15) is 0 Å². The highest BCUT2D eigenvalue weighted by Gasteiger charge is 2.27. The molecule has 0 amide bonds. The second-order valence-corrected chi connectivity index (χ2v) is 7.19. The van der Waals surface area contributed by atoms with Gasteiger partial charge in [0, 0.05) is 15.2 Å². The highest BCUT2D eigenvalue weighted by molar-refractivity contribution is 8.00. The lowest BCUT2D eigenvalue weighted by atomic mass is 10.0. The molecule has 2 aromatic carbocycles. The van der Waals surface area contributed by atoms with Gasteiger partial charge in [-0.25, -0.2) is 4.39 Å². The summed E-state index contributed by atoms with van der Waals surface area (Å²) in [7, 11) is 1.63.